The zero-order valence-electron chi connectivity index (χ0n) is 7.12. The number of rotatable bonds is 3. The van der Waals surface area contributed by atoms with E-state index in [1.807, 2.05) is 0 Å². The molecular formula is C6H4BBrN2O5. The van der Waals surface area contributed by atoms with Crippen molar-refractivity contribution < 1.29 is 19.9 Å². The summed E-state index contributed by atoms with van der Waals surface area (Å²) in [6, 6.07) is 1.04. The van der Waals surface area contributed by atoms with Gasteiger partial charge in [0.1, 0.15) is 4.60 Å². The number of hydrogen-bond acceptors (Lipinski definition) is 6. The quantitative estimate of drug-likeness (QED) is 0.262. The molecule has 1 rings (SSSR count). The van der Waals surface area contributed by atoms with Crippen LogP contribution in [0.3, 0.4) is 0 Å². The summed E-state index contributed by atoms with van der Waals surface area (Å²) >= 11 is 2.92. The third kappa shape index (κ3) is 3.46. The van der Waals surface area contributed by atoms with Crippen LogP contribution in [0.5, 0.6) is 5.75 Å². The molecule has 0 aromatic carbocycles. The minimum Gasteiger partial charge on any atom is -0.440 e. The average Bonchev–Trinajstić information content (AvgIpc) is 2.05. The summed E-state index contributed by atoms with van der Waals surface area (Å²) in [5.41, 5.74) is -0.491. The third-order valence-electron chi connectivity index (χ3n) is 1.27. The SMILES string of the molecule is [B]C(O)(O)Oc1cnc(Br)cc1[N+](=O)[O-]. The molecule has 15 heavy (non-hydrogen) atoms. The molecule has 0 unspecified atom stereocenters. The Morgan fingerprint density at radius 2 is 2.27 bits per heavy atom. The van der Waals surface area contributed by atoms with Gasteiger partial charge < -0.3 is 14.9 Å². The second kappa shape index (κ2) is 4.13. The van der Waals surface area contributed by atoms with Crippen molar-refractivity contribution in [2.24, 2.45) is 0 Å². The predicted octanol–water partition coefficient (Wildman–Crippen LogP) is -0.105. The Bertz CT molecular complexity index is 394. The number of nitrogens with zero attached hydrogens (tertiary/aromatic N) is 2. The largest absolute Gasteiger partial charge is 0.440 e. The van der Waals surface area contributed by atoms with E-state index in [1.54, 1.807) is 0 Å². The highest BCUT2D eigenvalue weighted by Gasteiger charge is 2.24. The standard InChI is InChI=1S/C6H4BBrN2O5/c7-6(11,12)15-4-2-9-5(8)1-3(4)10(13)14/h1-2,11-12H. The summed E-state index contributed by atoms with van der Waals surface area (Å²) < 4.78 is 4.52. The Labute approximate surface area is 93.4 Å². The Morgan fingerprint density at radius 1 is 1.67 bits per heavy atom. The van der Waals surface area contributed by atoms with Crippen molar-refractivity contribution in [2.45, 2.75) is 5.87 Å². The van der Waals surface area contributed by atoms with E-state index < -0.39 is 22.2 Å². The van der Waals surface area contributed by atoms with E-state index in [9.17, 15) is 10.1 Å². The first-order chi connectivity index (χ1) is 6.79. The zero-order valence-corrected chi connectivity index (χ0v) is 8.71. The molecule has 1 aromatic heterocycles. The molecule has 0 aliphatic heterocycles. The molecule has 0 spiro atoms. The molecule has 0 atom stereocenters. The van der Waals surface area contributed by atoms with Gasteiger partial charge in [-0.05, 0) is 15.9 Å². The highest BCUT2D eigenvalue weighted by atomic mass is 79.9. The van der Waals surface area contributed by atoms with Gasteiger partial charge in [-0.3, -0.25) is 10.1 Å². The van der Waals surface area contributed by atoms with Crippen molar-refractivity contribution in [3.8, 4) is 5.75 Å². The van der Waals surface area contributed by atoms with E-state index in [0.717, 1.165) is 12.3 Å². The van der Waals surface area contributed by atoms with E-state index in [2.05, 4.69) is 25.7 Å². The van der Waals surface area contributed by atoms with Crippen molar-refractivity contribution in [1.29, 1.82) is 0 Å². The van der Waals surface area contributed by atoms with Crippen molar-refractivity contribution in [3.63, 3.8) is 0 Å². The highest BCUT2D eigenvalue weighted by Crippen LogP contribution is 2.29. The Kier molecular flexibility index (Phi) is 3.27. The fourth-order valence-corrected chi connectivity index (χ4v) is 1.11. The first-order valence-electron chi connectivity index (χ1n) is 3.52. The lowest BCUT2D eigenvalue weighted by molar-refractivity contribution is -0.387. The molecule has 0 fully saturated rings. The Hall–Kier alpha value is -1.19. The van der Waals surface area contributed by atoms with Gasteiger partial charge in [0.15, 0.2) is 0 Å². The molecule has 78 valence electrons. The van der Waals surface area contributed by atoms with E-state index in [-0.39, 0.29) is 4.60 Å². The monoisotopic (exact) mass is 274 g/mol. The summed E-state index contributed by atoms with van der Waals surface area (Å²) in [5, 5.41) is 27.9. The highest BCUT2D eigenvalue weighted by molar-refractivity contribution is 9.10. The van der Waals surface area contributed by atoms with Gasteiger partial charge in [0.2, 0.25) is 13.6 Å². The number of halogens is 1. The van der Waals surface area contributed by atoms with Crippen LogP contribution in [0.15, 0.2) is 16.9 Å². The maximum Gasteiger partial charge on any atom is 0.315 e. The van der Waals surface area contributed by atoms with Gasteiger partial charge in [0.25, 0.3) is 5.87 Å². The van der Waals surface area contributed by atoms with Crippen LogP contribution in [0.25, 0.3) is 0 Å². The lowest BCUT2D eigenvalue weighted by atomic mass is 10.1. The zero-order chi connectivity index (χ0) is 11.6. The molecule has 0 saturated carbocycles. The van der Waals surface area contributed by atoms with E-state index >= 15 is 0 Å². The van der Waals surface area contributed by atoms with Gasteiger partial charge in [-0.1, -0.05) is 0 Å². The van der Waals surface area contributed by atoms with E-state index in [4.69, 9.17) is 18.1 Å². The van der Waals surface area contributed by atoms with Crippen LogP contribution in [-0.2, 0) is 0 Å². The van der Waals surface area contributed by atoms with Gasteiger partial charge in [0, 0.05) is 0 Å². The summed E-state index contributed by atoms with van der Waals surface area (Å²) in [4.78, 5) is 13.4. The predicted molar refractivity (Wildman–Crippen MR) is 52.1 cm³/mol. The number of pyridine rings is 1. The molecule has 0 aliphatic rings. The van der Waals surface area contributed by atoms with Crippen LogP contribution in [0.2, 0.25) is 0 Å². The Balaban J connectivity index is 3.12. The second-order valence-corrected chi connectivity index (χ2v) is 3.31. The first kappa shape index (κ1) is 11.9. The molecule has 0 aliphatic carbocycles. The maximum atomic E-state index is 10.5. The van der Waals surface area contributed by atoms with Crippen LogP contribution < -0.4 is 4.74 Å². The van der Waals surface area contributed by atoms with E-state index in [1.165, 1.54) is 0 Å². The number of ether oxygens (including phenoxy) is 1. The van der Waals surface area contributed by atoms with Gasteiger partial charge in [-0.25, -0.2) is 4.98 Å². The molecule has 7 nitrogen and oxygen atoms in total. The smallest absolute Gasteiger partial charge is 0.315 e. The molecule has 0 amide bonds. The van der Waals surface area contributed by atoms with Crippen molar-refractivity contribution >= 4 is 29.5 Å². The summed E-state index contributed by atoms with van der Waals surface area (Å²) in [6.45, 7) is 0. The van der Waals surface area contributed by atoms with Crippen LogP contribution in [0.1, 0.15) is 0 Å². The lowest BCUT2D eigenvalue weighted by Crippen LogP contribution is -2.35. The van der Waals surface area contributed by atoms with Gasteiger partial charge in [-0.2, -0.15) is 0 Å². The van der Waals surface area contributed by atoms with Crippen molar-refractivity contribution in [2.75, 3.05) is 0 Å². The summed E-state index contributed by atoms with van der Waals surface area (Å²) in [6.07, 6.45) is 0.941. The van der Waals surface area contributed by atoms with Crippen LogP contribution in [0, 0.1) is 10.1 Å². The molecular weight excluding hydrogens is 271 g/mol. The average molecular weight is 275 g/mol. The van der Waals surface area contributed by atoms with E-state index in [0.29, 0.717) is 0 Å². The molecule has 0 saturated heterocycles. The molecule has 0 bridgehead atoms. The maximum absolute atomic E-state index is 10.5. The van der Waals surface area contributed by atoms with Gasteiger partial charge >= 0.3 is 5.69 Å². The Morgan fingerprint density at radius 3 is 2.73 bits per heavy atom. The number of aliphatic hydroxyl groups is 2. The number of nitro groups is 1. The fraction of sp³-hybridized carbons (Fsp3) is 0.167. The molecule has 9 heteroatoms. The minimum atomic E-state index is -2.99. The molecule has 2 N–H and O–H groups in total. The number of hydrogen-bond donors (Lipinski definition) is 2. The van der Waals surface area contributed by atoms with Crippen molar-refractivity contribution in [1.82, 2.24) is 4.98 Å². The molecule has 1 aromatic rings. The third-order valence-corrected chi connectivity index (χ3v) is 1.70. The number of aromatic nitrogens is 1. The second-order valence-electron chi connectivity index (χ2n) is 2.49. The normalized spacial score (nSPS) is 11.1. The molecule has 2 radical (unpaired) electrons. The van der Waals surface area contributed by atoms with Crippen LogP contribution >= 0.6 is 15.9 Å². The van der Waals surface area contributed by atoms with Crippen LogP contribution in [0.4, 0.5) is 5.69 Å². The fourth-order valence-electron chi connectivity index (χ4n) is 0.791. The lowest BCUT2D eigenvalue weighted by Gasteiger charge is -2.18. The summed E-state index contributed by atoms with van der Waals surface area (Å²) in [7, 11) is 4.70. The topological polar surface area (TPSA) is 106 Å². The van der Waals surface area contributed by atoms with Gasteiger partial charge in [0.05, 0.1) is 17.2 Å². The first-order valence-corrected chi connectivity index (χ1v) is 4.31. The van der Waals surface area contributed by atoms with Crippen LogP contribution in [-0.4, -0.2) is 33.8 Å². The van der Waals surface area contributed by atoms with Gasteiger partial charge in [-0.15, -0.1) is 0 Å². The van der Waals surface area contributed by atoms with Crippen molar-refractivity contribution in [3.05, 3.63) is 27.0 Å². The summed E-state index contributed by atoms with van der Waals surface area (Å²) in [5.74, 6) is -3.43. The molecule has 1 heterocycles. The minimum absolute atomic E-state index is 0.208.